The largest absolute Gasteiger partial charge is 0.370 e. The number of anilines is 1. The highest BCUT2D eigenvalue weighted by Crippen LogP contribution is 2.45. The number of hydrogen-bond acceptors (Lipinski definition) is 5. The molecule has 1 aromatic carbocycles. The van der Waals surface area contributed by atoms with Gasteiger partial charge in [-0.3, -0.25) is 9.78 Å². The van der Waals surface area contributed by atoms with Gasteiger partial charge < -0.3 is 15.1 Å². The fourth-order valence-corrected chi connectivity index (χ4v) is 4.36. The topological polar surface area (TPSA) is 72.3 Å². The van der Waals surface area contributed by atoms with E-state index in [4.69, 9.17) is 0 Å². The molecular formula is C22H27N5O. The normalized spacial score (nSPS) is 21.9. The molecule has 4 rings (SSSR count). The Bertz CT molecular complexity index is 915. The summed E-state index contributed by atoms with van der Waals surface area (Å²) in [6.45, 7) is 3.16. The first-order valence-electron chi connectivity index (χ1n) is 10.0. The molecule has 146 valence electrons. The summed E-state index contributed by atoms with van der Waals surface area (Å²) in [4.78, 5) is 21.7. The van der Waals surface area contributed by atoms with Crippen molar-refractivity contribution in [2.75, 3.05) is 45.2 Å². The minimum Gasteiger partial charge on any atom is -0.370 e. The predicted octanol–water partition coefficient (Wildman–Crippen LogP) is 2.25. The molecule has 2 heterocycles. The maximum atomic E-state index is 12.9. The quantitative estimate of drug-likeness (QED) is 0.836. The van der Waals surface area contributed by atoms with Crippen LogP contribution in [0.25, 0.3) is 10.9 Å². The van der Waals surface area contributed by atoms with E-state index in [1.54, 1.807) is 6.20 Å². The summed E-state index contributed by atoms with van der Waals surface area (Å²) in [7, 11) is 4.03. The molecule has 2 aliphatic rings. The van der Waals surface area contributed by atoms with Crippen molar-refractivity contribution in [2.24, 2.45) is 17.8 Å². The van der Waals surface area contributed by atoms with Crippen molar-refractivity contribution in [3.05, 3.63) is 36.0 Å². The second kappa shape index (κ2) is 7.76. The molecule has 0 spiro atoms. The van der Waals surface area contributed by atoms with Gasteiger partial charge >= 0.3 is 0 Å². The first kappa shape index (κ1) is 18.7. The molecule has 0 bridgehead atoms. The van der Waals surface area contributed by atoms with Crippen molar-refractivity contribution in [2.45, 2.75) is 12.8 Å². The number of fused-ring (bicyclic) bond motifs is 1. The van der Waals surface area contributed by atoms with Gasteiger partial charge in [0, 0.05) is 43.4 Å². The van der Waals surface area contributed by atoms with Gasteiger partial charge in [-0.15, -0.1) is 0 Å². The highest BCUT2D eigenvalue weighted by molar-refractivity contribution is 5.95. The van der Waals surface area contributed by atoms with Crippen molar-refractivity contribution < 1.29 is 4.79 Å². The zero-order valence-electron chi connectivity index (χ0n) is 16.6. The highest BCUT2D eigenvalue weighted by Gasteiger charge is 2.45. The number of nitrogens with zero attached hydrogens (tertiary/aromatic N) is 4. The zero-order chi connectivity index (χ0) is 19.7. The number of carbonyl (C=O) groups is 1. The second-order valence-corrected chi connectivity index (χ2v) is 8.25. The Labute approximate surface area is 166 Å². The average Bonchev–Trinajstić information content (AvgIpc) is 3.45. The molecule has 1 saturated heterocycles. The molecule has 1 aliphatic heterocycles. The molecule has 6 nitrogen and oxygen atoms in total. The Morgan fingerprint density at radius 1 is 1.32 bits per heavy atom. The number of hydrogen-bond donors (Lipinski definition) is 1. The first-order chi connectivity index (χ1) is 13.6. The van der Waals surface area contributed by atoms with E-state index in [-0.39, 0.29) is 11.8 Å². The number of carbonyl (C=O) groups excluding carboxylic acids is 1. The van der Waals surface area contributed by atoms with E-state index in [0.29, 0.717) is 23.9 Å². The molecule has 28 heavy (non-hydrogen) atoms. The molecule has 0 radical (unpaired) electrons. The number of aromatic nitrogens is 1. The number of benzene rings is 1. The molecule has 2 atom stereocenters. The lowest BCUT2D eigenvalue weighted by molar-refractivity contribution is -0.125. The first-order valence-corrected chi connectivity index (χ1v) is 10.0. The molecule has 1 saturated carbocycles. The number of nitriles is 1. The van der Waals surface area contributed by atoms with E-state index in [0.717, 1.165) is 36.2 Å². The number of rotatable bonds is 6. The van der Waals surface area contributed by atoms with Crippen LogP contribution in [0.5, 0.6) is 0 Å². The smallest absolute Gasteiger partial charge is 0.225 e. The third kappa shape index (κ3) is 3.67. The van der Waals surface area contributed by atoms with Crippen LogP contribution in [-0.4, -0.2) is 56.1 Å². The molecular weight excluding hydrogens is 350 g/mol. The predicted molar refractivity (Wildman–Crippen MR) is 110 cm³/mol. The molecule has 1 N–H and O–H groups in total. The highest BCUT2D eigenvalue weighted by atomic mass is 16.2. The van der Waals surface area contributed by atoms with Crippen LogP contribution >= 0.6 is 0 Å². The molecule has 2 fully saturated rings. The molecule has 6 heteroatoms. The molecule has 1 aliphatic carbocycles. The average molecular weight is 377 g/mol. The number of likely N-dealkylation sites (N-methyl/N-ethyl adjacent to an activating group) is 1. The third-order valence-corrected chi connectivity index (χ3v) is 6.00. The summed E-state index contributed by atoms with van der Waals surface area (Å²) < 4.78 is 0. The van der Waals surface area contributed by atoms with Crippen molar-refractivity contribution >= 4 is 22.5 Å². The van der Waals surface area contributed by atoms with Gasteiger partial charge in [-0.25, -0.2) is 0 Å². The van der Waals surface area contributed by atoms with E-state index in [9.17, 15) is 10.1 Å². The standard InChI is InChI=1S/C22H27N5O/c1-26(2)11-10-25-22(28)19-14-27(13-18(19)15-5-6-15)20-8-7-16(12-23)21-17(20)4-3-9-24-21/h3-4,7-9,15,18-19H,5-6,10-11,13-14H2,1-2H3,(H,25,28)/t18?,19-/m1/s1. The van der Waals surface area contributed by atoms with E-state index in [1.807, 2.05) is 38.4 Å². The molecule has 1 amide bonds. The third-order valence-electron chi connectivity index (χ3n) is 6.00. The van der Waals surface area contributed by atoms with Crippen LogP contribution in [0.2, 0.25) is 0 Å². The maximum absolute atomic E-state index is 12.9. The summed E-state index contributed by atoms with van der Waals surface area (Å²) in [6.07, 6.45) is 4.19. The number of nitrogens with one attached hydrogen (secondary N) is 1. The molecule has 2 aromatic rings. The second-order valence-electron chi connectivity index (χ2n) is 8.25. The van der Waals surface area contributed by atoms with Crippen LogP contribution in [0.3, 0.4) is 0 Å². The van der Waals surface area contributed by atoms with E-state index in [1.165, 1.54) is 12.8 Å². The van der Waals surface area contributed by atoms with Gasteiger partial charge in [-0.05, 0) is 63.0 Å². The van der Waals surface area contributed by atoms with Crippen LogP contribution in [0.1, 0.15) is 18.4 Å². The Kier molecular flexibility index (Phi) is 5.19. The zero-order valence-corrected chi connectivity index (χ0v) is 16.6. The van der Waals surface area contributed by atoms with Crippen molar-refractivity contribution in [1.82, 2.24) is 15.2 Å². The Hall–Kier alpha value is -2.65. The number of amides is 1. The van der Waals surface area contributed by atoms with Gasteiger partial charge in [-0.2, -0.15) is 5.26 Å². The van der Waals surface area contributed by atoms with Crippen molar-refractivity contribution in [1.29, 1.82) is 5.26 Å². The van der Waals surface area contributed by atoms with Crippen LogP contribution in [0.4, 0.5) is 5.69 Å². The minimum atomic E-state index is 0.0250. The van der Waals surface area contributed by atoms with Gasteiger partial charge in [0.25, 0.3) is 0 Å². The Morgan fingerprint density at radius 2 is 2.14 bits per heavy atom. The summed E-state index contributed by atoms with van der Waals surface area (Å²) in [5, 5.41) is 13.5. The lowest BCUT2D eigenvalue weighted by Gasteiger charge is -2.21. The Balaban J connectivity index is 1.58. The monoisotopic (exact) mass is 377 g/mol. The van der Waals surface area contributed by atoms with Gasteiger partial charge in [0.2, 0.25) is 5.91 Å². The van der Waals surface area contributed by atoms with Gasteiger partial charge in [0.15, 0.2) is 0 Å². The lowest BCUT2D eigenvalue weighted by Crippen LogP contribution is -2.39. The van der Waals surface area contributed by atoms with E-state index >= 15 is 0 Å². The minimum absolute atomic E-state index is 0.0250. The van der Waals surface area contributed by atoms with Crippen molar-refractivity contribution in [3.63, 3.8) is 0 Å². The van der Waals surface area contributed by atoms with E-state index < -0.39 is 0 Å². The van der Waals surface area contributed by atoms with Gasteiger partial charge in [-0.1, -0.05) is 0 Å². The number of pyridine rings is 1. The summed E-state index contributed by atoms with van der Waals surface area (Å²) in [5.41, 5.74) is 2.41. The maximum Gasteiger partial charge on any atom is 0.225 e. The fraction of sp³-hybridized carbons (Fsp3) is 0.500. The van der Waals surface area contributed by atoms with Gasteiger partial charge in [0.1, 0.15) is 6.07 Å². The Morgan fingerprint density at radius 3 is 2.86 bits per heavy atom. The van der Waals surface area contributed by atoms with E-state index in [2.05, 4.69) is 26.2 Å². The van der Waals surface area contributed by atoms with Gasteiger partial charge in [0.05, 0.1) is 17.0 Å². The molecule has 1 unspecified atom stereocenters. The van der Waals surface area contributed by atoms with Crippen LogP contribution < -0.4 is 10.2 Å². The summed E-state index contributed by atoms with van der Waals surface area (Å²) in [5.74, 6) is 1.27. The van der Waals surface area contributed by atoms with Crippen LogP contribution in [0.15, 0.2) is 30.5 Å². The van der Waals surface area contributed by atoms with Crippen LogP contribution in [-0.2, 0) is 4.79 Å². The van der Waals surface area contributed by atoms with Crippen LogP contribution in [0, 0.1) is 29.1 Å². The summed E-state index contributed by atoms with van der Waals surface area (Å²) in [6, 6.07) is 10.0. The van der Waals surface area contributed by atoms with Crippen molar-refractivity contribution in [3.8, 4) is 6.07 Å². The summed E-state index contributed by atoms with van der Waals surface area (Å²) >= 11 is 0. The fourth-order valence-electron chi connectivity index (χ4n) is 4.36. The lowest BCUT2D eigenvalue weighted by atomic mass is 9.91. The molecule has 1 aromatic heterocycles. The SMILES string of the molecule is CN(C)CCNC(=O)[C@@H]1CN(c2ccc(C#N)c3ncccc23)CC1C1CC1.